The van der Waals surface area contributed by atoms with E-state index in [0.29, 0.717) is 11.1 Å². The number of aliphatic hydroxyl groups is 1. The number of nitrogens with zero attached hydrogens (tertiary/aromatic N) is 3. The minimum Gasteiger partial charge on any atom is -0.393 e. The molecule has 1 N–H and O–H groups in total. The van der Waals surface area contributed by atoms with E-state index in [1.807, 2.05) is 11.6 Å². The van der Waals surface area contributed by atoms with E-state index in [-0.39, 0.29) is 6.10 Å². The number of hydrogen-bond donors (Lipinski definition) is 1. The van der Waals surface area contributed by atoms with Gasteiger partial charge in [0.15, 0.2) is 0 Å². The Morgan fingerprint density at radius 3 is 2.81 bits per heavy atom. The molecule has 0 aliphatic heterocycles. The van der Waals surface area contributed by atoms with Crippen molar-refractivity contribution in [3.05, 3.63) is 17.2 Å². The molecule has 1 heterocycles. The highest BCUT2D eigenvalue weighted by Crippen LogP contribution is 2.27. The van der Waals surface area contributed by atoms with Crippen molar-refractivity contribution in [3.8, 4) is 0 Å². The van der Waals surface area contributed by atoms with Gasteiger partial charge in [-0.15, -0.1) is 0 Å². The van der Waals surface area contributed by atoms with Gasteiger partial charge in [0.1, 0.15) is 11.0 Å². The molecule has 0 atom stereocenters. The minimum atomic E-state index is -0.0685. The van der Waals surface area contributed by atoms with Gasteiger partial charge < -0.3 is 9.67 Å². The number of imidazole rings is 1. The lowest BCUT2D eigenvalue weighted by Crippen LogP contribution is -2.37. The molecule has 1 aliphatic carbocycles. The Balaban J connectivity index is 1.83. The van der Waals surface area contributed by atoms with Crippen molar-refractivity contribution >= 4 is 11.6 Å². The van der Waals surface area contributed by atoms with Crippen molar-refractivity contribution in [2.75, 3.05) is 13.6 Å². The molecule has 1 fully saturated rings. The highest BCUT2D eigenvalue weighted by atomic mass is 35.5. The second kappa shape index (κ2) is 4.73. The second-order valence-electron chi connectivity index (χ2n) is 4.74. The lowest BCUT2D eigenvalue weighted by Gasteiger charge is -2.34. The molecule has 2 rings (SSSR count). The third kappa shape index (κ3) is 2.56. The molecule has 90 valence electrons. The van der Waals surface area contributed by atoms with Gasteiger partial charge in [-0.25, -0.2) is 4.98 Å². The van der Waals surface area contributed by atoms with Gasteiger partial charge in [0.2, 0.25) is 0 Å². The molecule has 5 heteroatoms. The molecule has 0 unspecified atom stereocenters. The van der Waals surface area contributed by atoms with Crippen LogP contribution in [-0.2, 0) is 13.6 Å². The summed E-state index contributed by atoms with van der Waals surface area (Å²) in [5, 5.41) is 9.88. The molecule has 1 aliphatic rings. The van der Waals surface area contributed by atoms with Crippen LogP contribution in [0.1, 0.15) is 18.7 Å². The molecule has 0 aromatic carbocycles. The van der Waals surface area contributed by atoms with E-state index >= 15 is 0 Å². The summed E-state index contributed by atoms with van der Waals surface area (Å²) in [6, 6.07) is 0. The van der Waals surface area contributed by atoms with E-state index in [0.717, 1.165) is 31.8 Å². The molecule has 0 saturated heterocycles. The summed E-state index contributed by atoms with van der Waals surface area (Å²) in [5.74, 6) is 1.61. The first-order valence-electron chi connectivity index (χ1n) is 5.59. The molecule has 0 spiro atoms. The first-order chi connectivity index (χ1) is 7.56. The zero-order valence-electron chi connectivity index (χ0n) is 9.73. The van der Waals surface area contributed by atoms with Gasteiger partial charge in [0.25, 0.3) is 0 Å². The van der Waals surface area contributed by atoms with Gasteiger partial charge in [-0.2, -0.15) is 0 Å². The van der Waals surface area contributed by atoms with Crippen molar-refractivity contribution in [1.82, 2.24) is 14.5 Å². The standard InChI is InChI=1S/C11H18ClN3O/c1-14(6-8-3-9(16)4-8)7-11-13-5-10(12)15(11)2/h5,8-9,16H,3-4,6-7H2,1-2H3. The third-order valence-corrected chi connectivity index (χ3v) is 3.57. The fourth-order valence-corrected chi connectivity index (χ4v) is 2.31. The Hall–Kier alpha value is -0.580. The van der Waals surface area contributed by atoms with E-state index in [2.05, 4.69) is 16.9 Å². The van der Waals surface area contributed by atoms with Gasteiger partial charge in [-0.3, -0.25) is 4.90 Å². The monoisotopic (exact) mass is 243 g/mol. The highest BCUT2D eigenvalue weighted by molar-refractivity contribution is 6.29. The fraction of sp³-hybridized carbons (Fsp3) is 0.727. The SMILES string of the molecule is CN(Cc1ncc(Cl)n1C)CC1CC(O)C1. The fourth-order valence-electron chi connectivity index (χ4n) is 2.17. The number of hydrogen-bond acceptors (Lipinski definition) is 3. The number of halogens is 1. The molecular formula is C11H18ClN3O. The molecule has 1 aromatic rings. The van der Waals surface area contributed by atoms with E-state index in [9.17, 15) is 5.11 Å². The zero-order chi connectivity index (χ0) is 11.7. The van der Waals surface area contributed by atoms with Crippen LogP contribution in [0.2, 0.25) is 5.15 Å². The van der Waals surface area contributed by atoms with Crippen LogP contribution in [0.25, 0.3) is 0 Å². The Morgan fingerprint density at radius 1 is 1.62 bits per heavy atom. The molecule has 0 bridgehead atoms. The first kappa shape index (κ1) is 11.9. The summed E-state index contributed by atoms with van der Waals surface area (Å²) >= 11 is 5.93. The van der Waals surface area contributed by atoms with Crippen LogP contribution in [-0.4, -0.2) is 39.3 Å². The summed E-state index contributed by atoms with van der Waals surface area (Å²) in [7, 11) is 4.00. The smallest absolute Gasteiger partial charge is 0.128 e. The topological polar surface area (TPSA) is 41.3 Å². The summed E-state index contributed by atoms with van der Waals surface area (Å²) in [5.41, 5.74) is 0. The normalized spacial score (nSPS) is 24.8. The van der Waals surface area contributed by atoms with Crippen molar-refractivity contribution in [2.24, 2.45) is 13.0 Å². The van der Waals surface area contributed by atoms with Gasteiger partial charge in [-0.05, 0) is 25.8 Å². The predicted octanol–water partition coefficient (Wildman–Crippen LogP) is 1.28. The van der Waals surface area contributed by atoms with Crippen LogP contribution in [0.15, 0.2) is 6.20 Å². The van der Waals surface area contributed by atoms with Gasteiger partial charge >= 0.3 is 0 Å². The summed E-state index contributed by atoms with van der Waals surface area (Å²) < 4.78 is 1.90. The third-order valence-electron chi connectivity index (χ3n) is 3.22. The van der Waals surface area contributed by atoms with E-state index in [1.54, 1.807) is 6.20 Å². The number of aromatic nitrogens is 2. The largest absolute Gasteiger partial charge is 0.393 e. The Labute approximate surface area is 101 Å². The second-order valence-corrected chi connectivity index (χ2v) is 5.13. The average Bonchev–Trinajstić information content (AvgIpc) is 2.47. The minimum absolute atomic E-state index is 0.0685. The maximum absolute atomic E-state index is 9.22. The van der Waals surface area contributed by atoms with Crippen molar-refractivity contribution in [2.45, 2.75) is 25.5 Å². The first-order valence-corrected chi connectivity index (χ1v) is 5.96. The predicted molar refractivity (Wildman–Crippen MR) is 63.3 cm³/mol. The van der Waals surface area contributed by atoms with Gasteiger partial charge in [0, 0.05) is 13.6 Å². The molecule has 1 saturated carbocycles. The lowest BCUT2D eigenvalue weighted by atomic mass is 9.82. The summed E-state index contributed by atoms with van der Waals surface area (Å²) in [4.78, 5) is 6.49. The maximum atomic E-state index is 9.22. The van der Waals surface area contributed by atoms with Crippen LogP contribution in [0, 0.1) is 5.92 Å². The number of rotatable bonds is 4. The summed E-state index contributed by atoms with van der Waals surface area (Å²) in [6.45, 7) is 1.82. The lowest BCUT2D eigenvalue weighted by molar-refractivity contribution is 0.0270. The van der Waals surface area contributed by atoms with Crippen molar-refractivity contribution < 1.29 is 5.11 Å². The van der Waals surface area contributed by atoms with Gasteiger partial charge in [-0.1, -0.05) is 11.6 Å². The Morgan fingerprint density at radius 2 is 2.31 bits per heavy atom. The van der Waals surface area contributed by atoms with Crippen LogP contribution in [0.4, 0.5) is 0 Å². The van der Waals surface area contributed by atoms with E-state index in [4.69, 9.17) is 11.6 Å². The highest BCUT2D eigenvalue weighted by Gasteiger charge is 2.28. The summed E-state index contributed by atoms with van der Waals surface area (Å²) in [6.07, 6.45) is 3.48. The van der Waals surface area contributed by atoms with E-state index < -0.39 is 0 Å². The molecule has 16 heavy (non-hydrogen) atoms. The zero-order valence-corrected chi connectivity index (χ0v) is 10.5. The van der Waals surface area contributed by atoms with Crippen LogP contribution in [0.5, 0.6) is 0 Å². The van der Waals surface area contributed by atoms with Crippen LogP contribution in [0.3, 0.4) is 0 Å². The van der Waals surface area contributed by atoms with Crippen LogP contribution < -0.4 is 0 Å². The Kier molecular flexibility index (Phi) is 3.52. The molecule has 0 radical (unpaired) electrons. The van der Waals surface area contributed by atoms with Crippen molar-refractivity contribution in [1.29, 1.82) is 0 Å². The number of aliphatic hydroxyl groups excluding tert-OH is 1. The van der Waals surface area contributed by atoms with Crippen molar-refractivity contribution in [3.63, 3.8) is 0 Å². The Bertz CT molecular complexity index is 360. The van der Waals surface area contributed by atoms with E-state index in [1.165, 1.54) is 0 Å². The maximum Gasteiger partial charge on any atom is 0.128 e. The molecule has 1 aromatic heterocycles. The molecule has 4 nitrogen and oxygen atoms in total. The van der Waals surface area contributed by atoms with Gasteiger partial charge in [0.05, 0.1) is 18.8 Å². The molecular weight excluding hydrogens is 226 g/mol. The average molecular weight is 244 g/mol. The van der Waals surface area contributed by atoms with Crippen LogP contribution >= 0.6 is 11.6 Å². The molecule has 0 amide bonds. The quantitative estimate of drug-likeness (QED) is 0.866.